The summed E-state index contributed by atoms with van der Waals surface area (Å²) in [6.07, 6.45) is 10.7. The third-order valence-corrected chi connectivity index (χ3v) is 7.70. The Morgan fingerprint density at radius 3 is 2.77 bits per heavy atom. The van der Waals surface area contributed by atoms with Crippen LogP contribution in [0.15, 0.2) is 47.8 Å². The summed E-state index contributed by atoms with van der Waals surface area (Å²) < 4.78 is 1.19. The minimum absolute atomic E-state index is 0.622. The van der Waals surface area contributed by atoms with Gasteiger partial charge in [-0.25, -0.2) is 15.0 Å². The van der Waals surface area contributed by atoms with Crippen LogP contribution in [0.4, 0.5) is 0 Å². The Balaban J connectivity index is 1.50. The fourth-order valence-electron chi connectivity index (χ4n) is 4.29. The number of aryl methyl sites for hydroxylation is 1. The first-order valence-electron chi connectivity index (χ1n) is 10.6. The zero-order valence-electron chi connectivity index (χ0n) is 17.4. The molecule has 3 nitrogen and oxygen atoms in total. The van der Waals surface area contributed by atoms with Crippen molar-refractivity contribution in [1.82, 2.24) is 15.0 Å². The maximum Gasteiger partial charge on any atom is 0.126 e. The van der Waals surface area contributed by atoms with Crippen molar-refractivity contribution in [2.24, 2.45) is 5.92 Å². The van der Waals surface area contributed by atoms with Gasteiger partial charge in [-0.15, -0.1) is 23.1 Å². The molecule has 1 aliphatic carbocycles. The monoisotopic (exact) mass is 431 g/mol. The summed E-state index contributed by atoms with van der Waals surface area (Å²) in [5, 5.41) is 2.36. The molecule has 0 amide bonds. The van der Waals surface area contributed by atoms with E-state index >= 15 is 0 Å². The highest BCUT2D eigenvalue weighted by Crippen LogP contribution is 2.42. The average Bonchev–Trinajstić information content (AvgIpc) is 3.36. The summed E-state index contributed by atoms with van der Waals surface area (Å²) in [6.45, 7) is 4.56. The molecule has 0 atom stereocenters. The van der Waals surface area contributed by atoms with Crippen molar-refractivity contribution >= 4 is 49.6 Å². The van der Waals surface area contributed by atoms with Gasteiger partial charge in [0.25, 0.3) is 0 Å². The second-order valence-corrected chi connectivity index (χ2v) is 10.2. The Hall–Kier alpha value is -2.24. The third-order valence-electron chi connectivity index (χ3n) is 5.55. The zero-order valence-corrected chi connectivity index (χ0v) is 19.0. The summed E-state index contributed by atoms with van der Waals surface area (Å²) in [6, 6.07) is 10.4. The molecule has 3 heterocycles. The number of thioether (sulfide) groups is 1. The van der Waals surface area contributed by atoms with Crippen LogP contribution in [-0.2, 0) is 19.3 Å². The quantitative estimate of drug-likeness (QED) is 0.250. The lowest BCUT2D eigenvalue weighted by Gasteiger charge is -2.11. The van der Waals surface area contributed by atoms with Crippen LogP contribution in [0.5, 0.6) is 0 Å². The van der Waals surface area contributed by atoms with Crippen LogP contribution in [0.2, 0.25) is 0 Å². The number of fused-ring (bicyclic) bond motifs is 5. The molecule has 0 saturated heterocycles. The summed E-state index contributed by atoms with van der Waals surface area (Å²) in [7, 11) is 0. The van der Waals surface area contributed by atoms with E-state index in [9.17, 15) is 0 Å². The molecule has 0 fully saturated rings. The lowest BCUT2D eigenvalue weighted by Crippen LogP contribution is -2.03. The van der Waals surface area contributed by atoms with Crippen molar-refractivity contribution in [3.8, 4) is 0 Å². The molecule has 5 heteroatoms. The van der Waals surface area contributed by atoms with E-state index in [2.05, 4.69) is 55.2 Å². The molecule has 152 valence electrons. The van der Waals surface area contributed by atoms with Gasteiger partial charge in [-0.1, -0.05) is 56.3 Å². The van der Waals surface area contributed by atoms with E-state index in [1.165, 1.54) is 38.9 Å². The number of hydrogen-bond donors (Lipinski definition) is 0. The number of nitrogens with zero attached hydrogens (tertiary/aromatic N) is 3. The van der Waals surface area contributed by atoms with Crippen LogP contribution in [0.3, 0.4) is 0 Å². The van der Waals surface area contributed by atoms with E-state index in [0.717, 1.165) is 40.4 Å². The number of benzene rings is 1. The molecule has 0 aliphatic heterocycles. The number of hydrogen-bond acceptors (Lipinski definition) is 5. The van der Waals surface area contributed by atoms with E-state index in [1.54, 1.807) is 29.4 Å². The molecule has 3 aromatic heterocycles. The fourth-order valence-corrected chi connectivity index (χ4v) is 6.35. The zero-order chi connectivity index (χ0) is 20.5. The minimum Gasteiger partial charge on any atom is -0.242 e. The average molecular weight is 432 g/mol. The van der Waals surface area contributed by atoms with Crippen molar-refractivity contribution in [1.29, 1.82) is 0 Å². The Kier molecular flexibility index (Phi) is 5.57. The maximum absolute atomic E-state index is 5.13. The van der Waals surface area contributed by atoms with Crippen molar-refractivity contribution in [3.63, 3.8) is 0 Å². The van der Waals surface area contributed by atoms with Crippen LogP contribution < -0.4 is 0 Å². The maximum atomic E-state index is 5.13. The Labute approximate surface area is 185 Å². The van der Waals surface area contributed by atoms with Crippen molar-refractivity contribution in [2.75, 3.05) is 5.75 Å². The van der Waals surface area contributed by atoms with Gasteiger partial charge in [-0.05, 0) is 48.3 Å². The van der Waals surface area contributed by atoms with Gasteiger partial charge in [0.2, 0.25) is 0 Å². The topological polar surface area (TPSA) is 38.7 Å². The third kappa shape index (κ3) is 3.77. The fraction of sp³-hybridized carbons (Fsp3) is 0.320. The van der Waals surface area contributed by atoms with Crippen LogP contribution in [0.1, 0.15) is 42.7 Å². The predicted octanol–water partition coefficient (Wildman–Crippen LogP) is 6.73. The second kappa shape index (κ2) is 8.48. The largest absolute Gasteiger partial charge is 0.242 e. The first kappa shape index (κ1) is 19.7. The molecule has 1 aromatic carbocycles. The Morgan fingerprint density at radius 2 is 1.93 bits per heavy atom. The van der Waals surface area contributed by atoms with Gasteiger partial charge in [0.1, 0.15) is 16.2 Å². The molecule has 5 rings (SSSR count). The smallest absolute Gasteiger partial charge is 0.126 e. The number of rotatable bonds is 6. The van der Waals surface area contributed by atoms with E-state index < -0.39 is 0 Å². The molecule has 0 bridgehead atoms. The molecule has 0 unspecified atom stereocenters. The number of thiophene rings is 1. The van der Waals surface area contributed by atoms with Crippen LogP contribution in [0.25, 0.3) is 26.5 Å². The molecular formula is C25H25N3S2. The Morgan fingerprint density at radius 1 is 1.10 bits per heavy atom. The summed E-state index contributed by atoms with van der Waals surface area (Å²) in [4.78, 5) is 15.6. The molecule has 30 heavy (non-hydrogen) atoms. The van der Waals surface area contributed by atoms with Gasteiger partial charge >= 0.3 is 0 Å². The van der Waals surface area contributed by atoms with Gasteiger partial charge in [0.15, 0.2) is 0 Å². The molecule has 0 saturated carbocycles. The lowest BCUT2D eigenvalue weighted by molar-refractivity contribution is 0.632. The highest BCUT2D eigenvalue weighted by molar-refractivity contribution is 7.99. The first-order valence-corrected chi connectivity index (χ1v) is 12.4. The summed E-state index contributed by atoms with van der Waals surface area (Å²) in [5.41, 5.74) is 6.63. The normalized spacial score (nSPS) is 13.8. The molecule has 1 aliphatic rings. The van der Waals surface area contributed by atoms with Crippen LogP contribution in [-0.4, -0.2) is 20.7 Å². The molecular weight excluding hydrogens is 406 g/mol. The first-order chi connectivity index (χ1) is 14.7. The van der Waals surface area contributed by atoms with Gasteiger partial charge in [0, 0.05) is 16.8 Å². The van der Waals surface area contributed by atoms with Gasteiger partial charge in [0.05, 0.1) is 10.2 Å². The highest BCUT2D eigenvalue weighted by Gasteiger charge is 2.24. The molecule has 0 radical (unpaired) electrons. The second-order valence-electron chi connectivity index (χ2n) is 8.23. The number of pyridine rings is 1. The Bertz CT molecular complexity index is 1230. The standard InChI is InChI=1S/C25H25N3S2/c1-16(2)14-20-18-11-6-12-19(18)21-22-23(30-24(21)28-20)25(27-15-26-22)29-13-7-10-17-8-4-3-5-9-17/h3-5,7-10,15-16H,6,11-14H2,1-2H3. The van der Waals surface area contributed by atoms with E-state index in [4.69, 9.17) is 9.97 Å². The van der Waals surface area contributed by atoms with Gasteiger partial charge in [-0.2, -0.15) is 0 Å². The predicted molar refractivity (Wildman–Crippen MR) is 129 cm³/mol. The summed E-state index contributed by atoms with van der Waals surface area (Å²) in [5.74, 6) is 1.51. The SMILES string of the molecule is CC(C)Cc1nc2sc3c(SCC=Cc4ccccc4)ncnc3c2c2c1CCC2. The summed E-state index contributed by atoms with van der Waals surface area (Å²) >= 11 is 3.55. The van der Waals surface area contributed by atoms with E-state index in [-0.39, 0.29) is 0 Å². The van der Waals surface area contributed by atoms with Crippen LogP contribution >= 0.6 is 23.1 Å². The molecule has 0 spiro atoms. The van der Waals surface area contributed by atoms with E-state index in [1.807, 2.05) is 6.07 Å². The van der Waals surface area contributed by atoms with Gasteiger partial charge in [-0.3, -0.25) is 0 Å². The van der Waals surface area contributed by atoms with Crippen molar-refractivity contribution < 1.29 is 0 Å². The van der Waals surface area contributed by atoms with Crippen LogP contribution in [0, 0.1) is 5.92 Å². The van der Waals surface area contributed by atoms with Gasteiger partial charge < -0.3 is 0 Å². The minimum atomic E-state index is 0.622. The lowest BCUT2D eigenvalue weighted by atomic mass is 9.99. The number of aromatic nitrogens is 3. The van der Waals surface area contributed by atoms with Crippen molar-refractivity contribution in [3.05, 3.63) is 65.1 Å². The molecule has 0 N–H and O–H groups in total. The molecule has 4 aromatic rings. The van der Waals surface area contributed by atoms with E-state index in [0.29, 0.717) is 5.92 Å². The highest BCUT2D eigenvalue weighted by atomic mass is 32.2. The van der Waals surface area contributed by atoms with Crippen molar-refractivity contribution in [2.45, 2.75) is 44.6 Å².